The maximum Gasteiger partial charge on any atom is 0.146 e. The third-order valence-electron chi connectivity index (χ3n) is 2.65. The second-order valence-corrected chi connectivity index (χ2v) is 4.59. The Morgan fingerprint density at radius 1 is 1.11 bits per heavy atom. The number of nitrogen functional groups attached to an aromatic ring is 1. The SMILES string of the molecule is CCCc1ccc(Oc2ccc(N)cc2Cl)cc1. The van der Waals surface area contributed by atoms with Crippen LogP contribution >= 0.6 is 11.6 Å². The number of anilines is 1. The first-order valence-corrected chi connectivity index (χ1v) is 6.38. The van der Waals surface area contributed by atoms with Crippen molar-refractivity contribution in [1.29, 1.82) is 0 Å². The molecule has 0 bridgehead atoms. The van der Waals surface area contributed by atoms with Crippen LogP contribution in [0.25, 0.3) is 0 Å². The van der Waals surface area contributed by atoms with Crippen molar-refractivity contribution in [2.75, 3.05) is 5.73 Å². The quantitative estimate of drug-likeness (QED) is 0.812. The van der Waals surface area contributed by atoms with Gasteiger partial charge in [0.1, 0.15) is 11.5 Å². The summed E-state index contributed by atoms with van der Waals surface area (Å²) in [5.74, 6) is 1.40. The first-order valence-electron chi connectivity index (χ1n) is 6.01. The highest BCUT2D eigenvalue weighted by molar-refractivity contribution is 6.32. The number of hydrogen-bond acceptors (Lipinski definition) is 2. The van der Waals surface area contributed by atoms with Gasteiger partial charge in [-0.25, -0.2) is 0 Å². The number of halogens is 1. The number of benzene rings is 2. The van der Waals surface area contributed by atoms with E-state index in [1.54, 1.807) is 18.2 Å². The van der Waals surface area contributed by atoms with Gasteiger partial charge in [-0.05, 0) is 42.3 Å². The molecule has 2 rings (SSSR count). The molecule has 0 aliphatic rings. The van der Waals surface area contributed by atoms with Gasteiger partial charge in [-0.1, -0.05) is 37.1 Å². The van der Waals surface area contributed by atoms with Crippen molar-refractivity contribution < 1.29 is 4.74 Å². The summed E-state index contributed by atoms with van der Waals surface area (Å²) in [5, 5.41) is 0.521. The van der Waals surface area contributed by atoms with Crippen LogP contribution < -0.4 is 10.5 Å². The van der Waals surface area contributed by atoms with Crippen LogP contribution in [-0.4, -0.2) is 0 Å². The maximum atomic E-state index is 6.06. The molecule has 0 saturated heterocycles. The Balaban J connectivity index is 2.13. The number of rotatable bonds is 4. The van der Waals surface area contributed by atoms with Gasteiger partial charge in [0.05, 0.1) is 5.02 Å². The fraction of sp³-hybridized carbons (Fsp3) is 0.200. The first kappa shape index (κ1) is 12.8. The average molecular weight is 262 g/mol. The number of aryl methyl sites for hydroxylation is 1. The highest BCUT2D eigenvalue weighted by Gasteiger charge is 2.03. The Labute approximate surface area is 112 Å². The average Bonchev–Trinajstić information content (AvgIpc) is 2.35. The lowest BCUT2D eigenvalue weighted by Crippen LogP contribution is -1.89. The summed E-state index contributed by atoms with van der Waals surface area (Å²) in [4.78, 5) is 0. The monoisotopic (exact) mass is 261 g/mol. The minimum atomic E-state index is 0.521. The van der Waals surface area contributed by atoms with Crippen LogP contribution in [0.3, 0.4) is 0 Å². The Kier molecular flexibility index (Phi) is 4.11. The molecule has 0 aromatic heterocycles. The summed E-state index contributed by atoms with van der Waals surface area (Å²) >= 11 is 6.06. The summed E-state index contributed by atoms with van der Waals surface area (Å²) in [6.07, 6.45) is 2.23. The maximum absolute atomic E-state index is 6.06. The molecule has 2 aromatic rings. The zero-order valence-electron chi connectivity index (χ0n) is 10.3. The molecular formula is C15H16ClNO. The van der Waals surface area contributed by atoms with Crippen molar-refractivity contribution in [1.82, 2.24) is 0 Å². The zero-order valence-corrected chi connectivity index (χ0v) is 11.1. The Hall–Kier alpha value is -1.67. The van der Waals surface area contributed by atoms with E-state index in [0.29, 0.717) is 16.5 Å². The minimum absolute atomic E-state index is 0.521. The van der Waals surface area contributed by atoms with Gasteiger partial charge in [0.15, 0.2) is 0 Å². The predicted octanol–water partition coefficient (Wildman–Crippen LogP) is 4.67. The van der Waals surface area contributed by atoms with Gasteiger partial charge in [0.25, 0.3) is 0 Å². The summed E-state index contributed by atoms with van der Waals surface area (Å²) < 4.78 is 5.71. The minimum Gasteiger partial charge on any atom is -0.456 e. The van der Waals surface area contributed by atoms with Gasteiger partial charge >= 0.3 is 0 Å². The summed E-state index contributed by atoms with van der Waals surface area (Å²) in [7, 11) is 0. The van der Waals surface area contributed by atoms with Crippen LogP contribution in [0, 0.1) is 0 Å². The lowest BCUT2D eigenvalue weighted by molar-refractivity contribution is 0.483. The van der Waals surface area contributed by atoms with E-state index in [2.05, 4.69) is 19.1 Å². The molecule has 0 atom stereocenters. The summed E-state index contributed by atoms with van der Waals surface area (Å²) in [6, 6.07) is 13.3. The Morgan fingerprint density at radius 3 is 2.44 bits per heavy atom. The van der Waals surface area contributed by atoms with E-state index < -0.39 is 0 Å². The van der Waals surface area contributed by atoms with Crippen LogP contribution in [0.1, 0.15) is 18.9 Å². The van der Waals surface area contributed by atoms with E-state index in [1.807, 2.05) is 12.1 Å². The van der Waals surface area contributed by atoms with Gasteiger partial charge in [0.2, 0.25) is 0 Å². The smallest absolute Gasteiger partial charge is 0.146 e. The third-order valence-corrected chi connectivity index (χ3v) is 2.94. The molecule has 0 aliphatic carbocycles. The third kappa shape index (κ3) is 3.17. The molecule has 94 valence electrons. The van der Waals surface area contributed by atoms with Crippen molar-refractivity contribution in [3.8, 4) is 11.5 Å². The molecule has 0 saturated carbocycles. The molecule has 0 fully saturated rings. The van der Waals surface area contributed by atoms with E-state index in [1.165, 1.54) is 5.56 Å². The van der Waals surface area contributed by atoms with Crippen molar-refractivity contribution in [2.45, 2.75) is 19.8 Å². The molecule has 2 nitrogen and oxygen atoms in total. The van der Waals surface area contributed by atoms with Crippen LogP contribution in [0.15, 0.2) is 42.5 Å². The lowest BCUT2D eigenvalue weighted by Gasteiger charge is -2.08. The van der Waals surface area contributed by atoms with Gasteiger partial charge < -0.3 is 10.5 Å². The van der Waals surface area contributed by atoms with Crippen LogP contribution in [0.2, 0.25) is 5.02 Å². The summed E-state index contributed by atoms with van der Waals surface area (Å²) in [6.45, 7) is 2.17. The topological polar surface area (TPSA) is 35.2 Å². The highest BCUT2D eigenvalue weighted by atomic mass is 35.5. The van der Waals surface area contributed by atoms with Crippen LogP contribution in [-0.2, 0) is 6.42 Å². The van der Waals surface area contributed by atoms with Gasteiger partial charge in [-0.3, -0.25) is 0 Å². The Morgan fingerprint density at radius 2 is 1.83 bits per heavy atom. The van der Waals surface area contributed by atoms with Crippen molar-refractivity contribution in [3.63, 3.8) is 0 Å². The molecule has 0 amide bonds. The number of nitrogens with two attached hydrogens (primary N) is 1. The number of ether oxygens (including phenoxy) is 1. The first-order chi connectivity index (χ1) is 8.69. The fourth-order valence-electron chi connectivity index (χ4n) is 1.74. The van der Waals surface area contributed by atoms with Crippen LogP contribution in [0.4, 0.5) is 5.69 Å². The molecule has 18 heavy (non-hydrogen) atoms. The van der Waals surface area contributed by atoms with Crippen molar-refractivity contribution >= 4 is 17.3 Å². The van der Waals surface area contributed by atoms with Gasteiger partial charge in [-0.15, -0.1) is 0 Å². The second kappa shape index (κ2) is 5.78. The van der Waals surface area contributed by atoms with Crippen molar-refractivity contribution in [3.05, 3.63) is 53.1 Å². The largest absolute Gasteiger partial charge is 0.456 e. The molecule has 0 spiro atoms. The molecule has 2 aromatic carbocycles. The summed E-state index contributed by atoms with van der Waals surface area (Å²) in [5.41, 5.74) is 7.58. The molecule has 2 N–H and O–H groups in total. The second-order valence-electron chi connectivity index (χ2n) is 4.19. The molecule has 0 radical (unpaired) electrons. The Bertz CT molecular complexity index is 523. The van der Waals surface area contributed by atoms with E-state index >= 15 is 0 Å². The van der Waals surface area contributed by atoms with E-state index in [-0.39, 0.29) is 0 Å². The van der Waals surface area contributed by atoms with E-state index in [4.69, 9.17) is 22.1 Å². The molecule has 0 heterocycles. The van der Waals surface area contributed by atoms with Crippen LogP contribution in [0.5, 0.6) is 11.5 Å². The number of hydrogen-bond donors (Lipinski definition) is 1. The molecule has 3 heteroatoms. The lowest BCUT2D eigenvalue weighted by atomic mass is 10.1. The zero-order chi connectivity index (χ0) is 13.0. The normalized spacial score (nSPS) is 10.3. The predicted molar refractivity (Wildman–Crippen MR) is 76.4 cm³/mol. The van der Waals surface area contributed by atoms with Gasteiger partial charge in [-0.2, -0.15) is 0 Å². The molecular weight excluding hydrogens is 246 g/mol. The molecule has 0 aliphatic heterocycles. The highest BCUT2D eigenvalue weighted by Crippen LogP contribution is 2.30. The van der Waals surface area contributed by atoms with E-state index in [0.717, 1.165) is 18.6 Å². The van der Waals surface area contributed by atoms with E-state index in [9.17, 15) is 0 Å². The standard InChI is InChI=1S/C15H16ClNO/c1-2-3-11-4-7-13(8-5-11)18-15-9-6-12(17)10-14(15)16/h4-10H,2-3,17H2,1H3. The molecule has 0 unspecified atom stereocenters. The van der Waals surface area contributed by atoms with Gasteiger partial charge in [0, 0.05) is 5.69 Å². The fourth-order valence-corrected chi connectivity index (χ4v) is 1.97. The van der Waals surface area contributed by atoms with Crippen molar-refractivity contribution in [2.24, 2.45) is 0 Å².